The first-order chi connectivity index (χ1) is 20.5. The number of nitrogens with two attached hydrogens (primary N) is 1. The third-order valence-corrected chi connectivity index (χ3v) is 10.1. The van der Waals surface area contributed by atoms with E-state index < -0.39 is 0 Å². The second-order valence-corrected chi connectivity index (χ2v) is 12.7. The number of likely N-dealkylation sites (tertiary alicyclic amines) is 1. The van der Waals surface area contributed by atoms with Crippen LogP contribution >= 0.6 is 0 Å². The third kappa shape index (κ3) is 3.61. The molecule has 2 aromatic carbocycles. The van der Waals surface area contributed by atoms with E-state index in [2.05, 4.69) is 64.2 Å². The Morgan fingerprint density at radius 1 is 0.976 bits per heavy atom. The van der Waals surface area contributed by atoms with Gasteiger partial charge < -0.3 is 15.2 Å². The first-order valence-electron chi connectivity index (χ1n) is 15.1. The Balaban J connectivity index is 1.13. The van der Waals surface area contributed by atoms with Crippen molar-refractivity contribution >= 4 is 33.2 Å². The molecule has 3 N–H and O–H groups in total. The highest BCUT2D eigenvalue weighted by Crippen LogP contribution is 2.39. The number of hydrogen-bond acceptors (Lipinski definition) is 4. The summed E-state index contributed by atoms with van der Waals surface area (Å²) >= 11 is 0. The van der Waals surface area contributed by atoms with E-state index in [1.807, 2.05) is 33.9 Å². The molecule has 2 aliphatic carbocycles. The lowest BCUT2D eigenvalue weighted by molar-refractivity contribution is 0.0700. The summed E-state index contributed by atoms with van der Waals surface area (Å²) < 4.78 is 4.37. The summed E-state index contributed by atoms with van der Waals surface area (Å²) in [5, 5.41) is 14.7. The number of rotatable bonds is 5. The molecule has 0 radical (unpaired) electrons. The predicted octanol–water partition coefficient (Wildman–Crippen LogP) is 5.78. The number of aromatic nitrogens is 5. The van der Waals surface area contributed by atoms with Crippen LogP contribution in [-0.2, 0) is 6.54 Å². The summed E-state index contributed by atoms with van der Waals surface area (Å²) in [4.78, 5) is 15.5. The zero-order chi connectivity index (χ0) is 28.1. The van der Waals surface area contributed by atoms with Crippen molar-refractivity contribution in [2.75, 3.05) is 6.54 Å². The number of aromatic amines is 1. The van der Waals surface area contributed by atoms with Crippen molar-refractivity contribution in [3.63, 3.8) is 0 Å². The van der Waals surface area contributed by atoms with Crippen molar-refractivity contribution < 1.29 is 4.79 Å². The fourth-order valence-corrected chi connectivity index (χ4v) is 7.49. The highest BCUT2D eigenvalue weighted by atomic mass is 16.2. The number of nitrogens with one attached hydrogen (secondary N) is 1. The molecule has 3 aliphatic rings. The van der Waals surface area contributed by atoms with Gasteiger partial charge in [0.1, 0.15) is 5.69 Å². The van der Waals surface area contributed by atoms with Crippen LogP contribution in [0.15, 0.2) is 67.0 Å². The second-order valence-electron chi connectivity index (χ2n) is 12.7. The largest absolute Gasteiger partial charge is 0.339 e. The van der Waals surface area contributed by atoms with E-state index in [9.17, 15) is 4.79 Å². The fraction of sp³-hybridized carbons (Fsp3) is 0.324. The SMILES string of the molecule is Cc1c(-c2cc3ccc(-c4ccc5cn[nH]c5c4)cc3n2CC2CC2)nn2cc(C(=O)N3CC4CCC3[C@@H]4N)ccc12. The molecule has 1 amide bonds. The van der Waals surface area contributed by atoms with Crippen molar-refractivity contribution in [1.29, 1.82) is 0 Å². The molecule has 3 atom stereocenters. The van der Waals surface area contributed by atoms with Crippen LogP contribution in [0.5, 0.6) is 0 Å². The van der Waals surface area contributed by atoms with Crippen LogP contribution in [0.2, 0.25) is 0 Å². The van der Waals surface area contributed by atoms with Gasteiger partial charge in [-0.25, -0.2) is 4.52 Å². The summed E-state index contributed by atoms with van der Waals surface area (Å²) in [6.07, 6.45) is 8.45. The number of piperidine rings is 1. The van der Waals surface area contributed by atoms with Gasteiger partial charge >= 0.3 is 0 Å². The zero-order valence-electron chi connectivity index (χ0n) is 23.6. The Labute approximate surface area is 243 Å². The van der Waals surface area contributed by atoms with Gasteiger partial charge in [0.05, 0.1) is 28.5 Å². The molecule has 2 saturated carbocycles. The minimum Gasteiger partial charge on any atom is -0.339 e. The van der Waals surface area contributed by atoms with Crippen LogP contribution in [0, 0.1) is 18.8 Å². The van der Waals surface area contributed by atoms with Gasteiger partial charge in [-0.3, -0.25) is 9.89 Å². The van der Waals surface area contributed by atoms with Gasteiger partial charge in [0.15, 0.2) is 0 Å². The van der Waals surface area contributed by atoms with Crippen molar-refractivity contribution in [2.24, 2.45) is 17.6 Å². The maximum Gasteiger partial charge on any atom is 0.255 e. The van der Waals surface area contributed by atoms with Gasteiger partial charge in [-0.2, -0.15) is 10.2 Å². The second kappa shape index (κ2) is 8.79. The minimum atomic E-state index is 0.0675. The van der Waals surface area contributed by atoms with E-state index in [4.69, 9.17) is 10.8 Å². The van der Waals surface area contributed by atoms with Crippen molar-refractivity contribution in [1.82, 2.24) is 29.3 Å². The molecule has 1 saturated heterocycles. The molecular formula is C34H33N7O. The van der Waals surface area contributed by atoms with Crippen molar-refractivity contribution in [2.45, 2.75) is 51.2 Å². The van der Waals surface area contributed by atoms with Crippen LogP contribution in [0.4, 0.5) is 0 Å². The molecule has 8 heteroatoms. The molecule has 4 aromatic heterocycles. The highest BCUT2D eigenvalue weighted by Gasteiger charge is 2.46. The topological polar surface area (TPSA) is 97.2 Å². The number of aryl methyl sites for hydroxylation is 1. The number of hydrogen-bond donors (Lipinski definition) is 2. The summed E-state index contributed by atoms with van der Waals surface area (Å²) in [7, 11) is 0. The van der Waals surface area contributed by atoms with E-state index in [0.29, 0.717) is 17.4 Å². The van der Waals surface area contributed by atoms with Gasteiger partial charge in [0.25, 0.3) is 5.91 Å². The number of carbonyl (C=O) groups is 1. The van der Waals surface area contributed by atoms with E-state index >= 15 is 0 Å². The molecule has 9 rings (SSSR count). The molecule has 3 fully saturated rings. The van der Waals surface area contributed by atoms with E-state index in [0.717, 1.165) is 59.3 Å². The lowest BCUT2D eigenvalue weighted by Crippen LogP contribution is -2.41. The number of H-pyrrole nitrogens is 1. The summed E-state index contributed by atoms with van der Waals surface area (Å²) in [5.74, 6) is 1.20. The normalized spacial score (nSPS) is 21.9. The number of benzene rings is 2. The number of fused-ring (bicyclic) bond motifs is 5. The quantitative estimate of drug-likeness (QED) is 0.282. The molecule has 5 heterocycles. The van der Waals surface area contributed by atoms with Gasteiger partial charge in [-0.15, -0.1) is 0 Å². The lowest BCUT2D eigenvalue weighted by Gasteiger charge is -2.27. The average Bonchev–Trinajstić information content (AvgIpc) is 3.30. The summed E-state index contributed by atoms with van der Waals surface area (Å²) in [6.45, 7) is 3.89. The van der Waals surface area contributed by atoms with Crippen LogP contribution in [0.25, 0.3) is 49.8 Å². The monoisotopic (exact) mass is 555 g/mol. The summed E-state index contributed by atoms with van der Waals surface area (Å²) in [5.41, 5.74) is 16.0. The number of carbonyl (C=O) groups excluding carboxylic acids is 1. The predicted molar refractivity (Wildman–Crippen MR) is 164 cm³/mol. The van der Waals surface area contributed by atoms with Gasteiger partial charge in [-0.05, 0) is 85.9 Å². The van der Waals surface area contributed by atoms with Crippen molar-refractivity contribution in [3.05, 3.63) is 78.1 Å². The van der Waals surface area contributed by atoms with Gasteiger partial charge in [-0.1, -0.05) is 24.3 Å². The number of amides is 1. The Bertz CT molecular complexity index is 2040. The smallest absolute Gasteiger partial charge is 0.255 e. The molecule has 0 spiro atoms. The maximum absolute atomic E-state index is 13.5. The van der Waals surface area contributed by atoms with Crippen LogP contribution in [-0.4, -0.2) is 53.8 Å². The van der Waals surface area contributed by atoms with Crippen LogP contribution in [0.1, 0.15) is 41.6 Å². The molecule has 42 heavy (non-hydrogen) atoms. The maximum atomic E-state index is 13.5. The Hall–Kier alpha value is -4.43. The van der Waals surface area contributed by atoms with Crippen LogP contribution < -0.4 is 5.73 Å². The van der Waals surface area contributed by atoms with E-state index in [1.165, 1.54) is 34.9 Å². The Morgan fingerprint density at radius 3 is 2.60 bits per heavy atom. The molecule has 1 aliphatic heterocycles. The molecule has 2 unspecified atom stereocenters. The van der Waals surface area contributed by atoms with Gasteiger partial charge in [0, 0.05) is 53.2 Å². The number of pyridine rings is 1. The molecular weight excluding hydrogens is 522 g/mol. The molecule has 2 bridgehead atoms. The minimum absolute atomic E-state index is 0.0675. The average molecular weight is 556 g/mol. The fourth-order valence-electron chi connectivity index (χ4n) is 7.49. The molecule has 210 valence electrons. The zero-order valence-corrected chi connectivity index (χ0v) is 23.6. The summed E-state index contributed by atoms with van der Waals surface area (Å²) in [6, 6.07) is 19.8. The molecule has 8 nitrogen and oxygen atoms in total. The Morgan fingerprint density at radius 2 is 1.81 bits per heavy atom. The van der Waals surface area contributed by atoms with E-state index in [-0.39, 0.29) is 18.0 Å². The van der Waals surface area contributed by atoms with Gasteiger partial charge in [0.2, 0.25) is 0 Å². The van der Waals surface area contributed by atoms with Crippen molar-refractivity contribution in [3.8, 4) is 22.5 Å². The standard InChI is InChI=1S/C34H33N7O/c1-19-28-10-9-26(34(42)40-17-25-8-11-29(40)32(25)35)18-41(28)38-33(19)31-14-23-6-4-22(13-30(23)39(31)16-20-2-3-20)21-5-7-24-15-36-37-27(24)12-21/h4-7,9-10,12-15,18,20,25,29,32H,2-3,8,11,16-17,35H2,1H3,(H,36,37)/t25?,29?,32-/m1/s1. The molecule has 6 aromatic rings. The third-order valence-electron chi connectivity index (χ3n) is 10.1. The first kappa shape index (κ1) is 24.2. The Kier molecular flexibility index (Phi) is 5.06. The number of nitrogens with zero attached hydrogens (tertiary/aromatic N) is 5. The lowest BCUT2D eigenvalue weighted by atomic mass is 10.0. The van der Waals surface area contributed by atoms with E-state index in [1.54, 1.807) is 0 Å². The van der Waals surface area contributed by atoms with Crippen LogP contribution in [0.3, 0.4) is 0 Å². The first-order valence-corrected chi connectivity index (χ1v) is 15.1. The highest BCUT2D eigenvalue weighted by molar-refractivity contribution is 5.96.